The molecule has 0 atom stereocenters. The molecule has 37 heavy (non-hydrogen) atoms. The Bertz CT molecular complexity index is 1680. The first kappa shape index (κ1) is 25.7. The van der Waals surface area contributed by atoms with E-state index < -0.39 is 58.4 Å². The van der Waals surface area contributed by atoms with Crippen molar-refractivity contribution in [2.75, 3.05) is 0 Å². The summed E-state index contributed by atoms with van der Waals surface area (Å²) in [7, 11) is 1.67. The topological polar surface area (TPSA) is 99.1 Å². The lowest BCUT2D eigenvalue weighted by molar-refractivity contribution is -0.162. The Kier molecular flexibility index (Phi) is 6.01. The van der Waals surface area contributed by atoms with Gasteiger partial charge < -0.3 is 9.67 Å². The highest BCUT2D eigenvalue weighted by molar-refractivity contribution is 5.87. The smallest absolute Gasteiger partial charge is 0.417 e. The maximum absolute atomic E-state index is 13.7. The average molecular weight is 526 g/mol. The molecular weight excluding hydrogens is 510 g/mol. The van der Waals surface area contributed by atoms with Crippen LogP contribution in [-0.2, 0) is 25.9 Å². The summed E-state index contributed by atoms with van der Waals surface area (Å²) >= 11 is 0. The molecule has 8 nitrogen and oxygen atoms in total. The molecule has 0 saturated heterocycles. The fourth-order valence-electron chi connectivity index (χ4n) is 3.99. The molecule has 0 bridgehead atoms. The molecule has 2 aromatic heterocycles. The van der Waals surface area contributed by atoms with Gasteiger partial charge >= 0.3 is 24.0 Å². The fraction of sp³-hybridized carbons (Fsp3) is 0.217. The van der Waals surface area contributed by atoms with Crippen LogP contribution >= 0.6 is 0 Å². The standard InChI is InChI=1S/C23H16F6N4O4/c1-11-30-16-7-6-13(8-17(16)31(11)2)32-10-14(20(35)36)19(34)33(21(32)37)9-12-4-3-5-15(22(24,25)26)18(12)23(27,28)29/h3-8,10H,9H2,1-2H3,(H,35,36). The summed E-state index contributed by atoms with van der Waals surface area (Å²) in [6.45, 7) is 0.451. The largest absolute Gasteiger partial charge is 0.477 e. The predicted octanol–water partition coefficient (Wildman–Crippen LogP) is 3.98. The van der Waals surface area contributed by atoms with E-state index in [4.69, 9.17) is 0 Å². The van der Waals surface area contributed by atoms with Crippen molar-refractivity contribution in [2.45, 2.75) is 25.8 Å². The molecule has 0 saturated carbocycles. The van der Waals surface area contributed by atoms with Gasteiger partial charge in [-0.05, 0) is 36.8 Å². The molecule has 1 N–H and O–H groups in total. The van der Waals surface area contributed by atoms with Crippen LogP contribution in [0.3, 0.4) is 0 Å². The number of benzene rings is 2. The Hall–Kier alpha value is -4.36. The molecule has 0 radical (unpaired) electrons. The number of rotatable bonds is 4. The summed E-state index contributed by atoms with van der Waals surface area (Å²) in [5.74, 6) is -1.18. The number of carboxylic acid groups (broad SMARTS) is 1. The maximum atomic E-state index is 13.7. The van der Waals surface area contributed by atoms with E-state index in [0.29, 0.717) is 35.2 Å². The van der Waals surface area contributed by atoms with Crippen LogP contribution in [0.4, 0.5) is 26.3 Å². The molecule has 194 valence electrons. The van der Waals surface area contributed by atoms with E-state index in [-0.39, 0.29) is 16.3 Å². The van der Waals surface area contributed by atoms with E-state index in [2.05, 4.69) is 4.98 Å². The summed E-state index contributed by atoms with van der Waals surface area (Å²) in [6.07, 6.45) is -10.2. The lowest BCUT2D eigenvalue weighted by atomic mass is 9.99. The number of carboxylic acids is 1. The van der Waals surface area contributed by atoms with Gasteiger partial charge in [-0.2, -0.15) is 26.3 Å². The molecule has 0 spiro atoms. The first-order valence-corrected chi connectivity index (χ1v) is 10.4. The third kappa shape index (κ3) is 4.49. The minimum atomic E-state index is -5.49. The van der Waals surface area contributed by atoms with Crippen LogP contribution in [-0.4, -0.2) is 29.8 Å². The van der Waals surface area contributed by atoms with Crippen LogP contribution in [0.5, 0.6) is 0 Å². The van der Waals surface area contributed by atoms with Gasteiger partial charge in [-0.25, -0.2) is 14.6 Å². The van der Waals surface area contributed by atoms with E-state index >= 15 is 0 Å². The van der Waals surface area contributed by atoms with E-state index in [1.54, 1.807) is 18.5 Å². The second-order valence-electron chi connectivity index (χ2n) is 8.12. The molecule has 0 fully saturated rings. The number of carbonyl (C=O) groups is 1. The van der Waals surface area contributed by atoms with Crippen LogP contribution < -0.4 is 11.2 Å². The monoisotopic (exact) mass is 526 g/mol. The summed E-state index contributed by atoms with van der Waals surface area (Å²) < 4.78 is 83.7. The van der Waals surface area contributed by atoms with Gasteiger partial charge in [0.1, 0.15) is 11.4 Å². The SMILES string of the molecule is Cc1nc2ccc(-n3cc(C(=O)O)c(=O)n(Cc4cccc(C(F)(F)F)c4C(F)(F)F)c3=O)cc2n1C. The molecule has 14 heteroatoms. The fourth-order valence-corrected chi connectivity index (χ4v) is 3.99. The number of hydrogen-bond acceptors (Lipinski definition) is 4. The lowest BCUT2D eigenvalue weighted by Crippen LogP contribution is -2.42. The number of alkyl halides is 6. The molecular formula is C23H16F6N4O4. The van der Waals surface area contributed by atoms with Gasteiger partial charge in [0.25, 0.3) is 5.56 Å². The number of imidazole rings is 1. The molecule has 2 heterocycles. The number of nitrogens with zero attached hydrogens (tertiary/aromatic N) is 4. The number of hydrogen-bond donors (Lipinski definition) is 1. The molecule has 4 rings (SSSR count). The second-order valence-corrected chi connectivity index (χ2v) is 8.12. The average Bonchev–Trinajstić information content (AvgIpc) is 3.08. The number of fused-ring (bicyclic) bond motifs is 1. The van der Waals surface area contributed by atoms with Gasteiger partial charge in [-0.1, -0.05) is 12.1 Å². The first-order valence-electron chi connectivity index (χ1n) is 10.4. The van der Waals surface area contributed by atoms with Gasteiger partial charge in [0.05, 0.1) is 34.4 Å². The summed E-state index contributed by atoms with van der Waals surface area (Å²) in [5.41, 5.74) is -7.71. The minimum Gasteiger partial charge on any atom is -0.477 e. The lowest BCUT2D eigenvalue weighted by Gasteiger charge is -2.20. The number of aromatic carboxylic acids is 1. The molecule has 0 aliphatic rings. The third-order valence-electron chi connectivity index (χ3n) is 5.84. The van der Waals surface area contributed by atoms with Crippen LogP contribution in [0.25, 0.3) is 16.7 Å². The van der Waals surface area contributed by atoms with E-state index in [1.807, 2.05) is 0 Å². The summed E-state index contributed by atoms with van der Waals surface area (Å²) in [5, 5.41) is 9.50. The Morgan fingerprint density at radius 1 is 1.03 bits per heavy atom. The van der Waals surface area contributed by atoms with Crippen molar-refractivity contribution in [3.8, 4) is 5.69 Å². The first-order chi connectivity index (χ1) is 17.1. The molecule has 4 aromatic rings. The Labute approximate surface area is 202 Å². The number of halogens is 6. The molecule has 2 aromatic carbocycles. The Balaban J connectivity index is 1.99. The highest BCUT2D eigenvalue weighted by Crippen LogP contribution is 2.42. The zero-order valence-corrected chi connectivity index (χ0v) is 19.0. The van der Waals surface area contributed by atoms with Crippen molar-refractivity contribution in [1.82, 2.24) is 18.7 Å². The van der Waals surface area contributed by atoms with Gasteiger partial charge in [-0.15, -0.1) is 0 Å². The van der Waals surface area contributed by atoms with Gasteiger partial charge in [0, 0.05) is 13.2 Å². The van der Waals surface area contributed by atoms with Crippen LogP contribution in [0.1, 0.15) is 32.9 Å². The minimum absolute atomic E-state index is 0.0526. The van der Waals surface area contributed by atoms with Crippen LogP contribution in [0.15, 0.2) is 52.2 Å². The number of aromatic nitrogens is 4. The highest BCUT2D eigenvalue weighted by Gasteiger charge is 2.44. The summed E-state index contributed by atoms with van der Waals surface area (Å²) in [4.78, 5) is 42.1. The summed E-state index contributed by atoms with van der Waals surface area (Å²) in [6, 6.07) is 5.95. The van der Waals surface area contributed by atoms with Crippen LogP contribution in [0.2, 0.25) is 0 Å². The van der Waals surface area contributed by atoms with Crippen molar-refractivity contribution >= 4 is 17.0 Å². The quantitative estimate of drug-likeness (QED) is 0.406. The maximum Gasteiger partial charge on any atom is 0.417 e. The van der Waals surface area contributed by atoms with Gasteiger partial charge in [-0.3, -0.25) is 13.9 Å². The van der Waals surface area contributed by atoms with Crippen molar-refractivity contribution in [2.24, 2.45) is 7.05 Å². The van der Waals surface area contributed by atoms with E-state index in [0.717, 1.165) is 4.57 Å². The highest BCUT2D eigenvalue weighted by atomic mass is 19.4. The molecule has 0 aliphatic heterocycles. The zero-order chi connectivity index (χ0) is 27.4. The Morgan fingerprint density at radius 3 is 2.30 bits per heavy atom. The third-order valence-corrected chi connectivity index (χ3v) is 5.84. The van der Waals surface area contributed by atoms with E-state index in [9.17, 15) is 45.8 Å². The molecule has 0 aliphatic carbocycles. The van der Waals surface area contributed by atoms with Crippen molar-refractivity contribution < 1.29 is 36.2 Å². The van der Waals surface area contributed by atoms with Gasteiger partial charge in [0.2, 0.25) is 0 Å². The zero-order valence-electron chi connectivity index (χ0n) is 19.0. The van der Waals surface area contributed by atoms with Crippen molar-refractivity contribution in [3.63, 3.8) is 0 Å². The Morgan fingerprint density at radius 2 is 1.70 bits per heavy atom. The van der Waals surface area contributed by atoms with Gasteiger partial charge in [0.15, 0.2) is 0 Å². The molecule has 0 amide bonds. The molecule has 0 unspecified atom stereocenters. The predicted molar refractivity (Wildman–Crippen MR) is 118 cm³/mol. The van der Waals surface area contributed by atoms with Crippen molar-refractivity contribution in [3.05, 3.63) is 91.5 Å². The van der Waals surface area contributed by atoms with Crippen molar-refractivity contribution in [1.29, 1.82) is 0 Å². The second kappa shape index (κ2) is 8.64. The normalized spacial score (nSPS) is 12.3. The van der Waals surface area contributed by atoms with E-state index in [1.165, 1.54) is 18.2 Å². The number of aryl methyl sites for hydroxylation is 2. The van der Waals surface area contributed by atoms with Crippen LogP contribution in [0, 0.1) is 6.92 Å².